The highest BCUT2D eigenvalue weighted by Crippen LogP contribution is 2.48. The van der Waals surface area contributed by atoms with E-state index in [1.807, 2.05) is 6.07 Å². The number of benzene rings is 10. The fourth-order valence-corrected chi connectivity index (χ4v) is 9.56. The van der Waals surface area contributed by atoms with Gasteiger partial charge in [-0.05, 0) is 124 Å². The van der Waals surface area contributed by atoms with Gasteiger partial charge >= 0.3 is 0 Å². The highest BCUT2D eigenvalue weighted by molar-refractivity contribution is 6.24. The zero-order valence-electron chi connectivity index (χ0n) is 30.6. The predicted molar refractivity (Wildman–Crippen MR) is 236 cm³/mol. The summed E-state index contributed by atoms with van der Waals surface area (Å²) in [5.41, 5.74) is 17.2. The van der Waals surface area contributed by atoms with Gasteiger partial charge in [-0.2, -0.15) is 0 Å². The second-order valence-electron chi connectivity index (χ2n) is 15.1. The fraction of sp³-hybridized carbons (Fsp3) is 0.0182. The Morgan fingerprint density at radius 2 is 0.893 bits per heavy atom. The minimum absolute atomic E-state index is 0.908. The SMILES string of the molecule is c1ccc2c(c1)Cc1cc(-c3ccc(-c4c5ccccc5c(-c5cccc6ccccc56)c5cc(-c6cccc7oc8ccccc8c67)ccc45)cc3)ccc1-2. The van der Waals surface area contributed by atoms with Crippen LogP contribution in [0.5, 0.6) is 0 Å². The molecular weight excluding hydrogens is 677 g/mol. The molecule has 0 N–H and O–H groups in total. The standard InChI is InChI=1S/C55H34O/c1-3-14-41-35(11-1)13-9-20-45(41)54-47-17-6-5-16-46(47)53(36-25-23-34(24-26-36)37-27-29-43-40(31-37)32-38-12-2-4-15-42(38)43)48-30-28-39(33-50(48)54)44-19-10-22-52-55(44)49-18-7-8-21-51(49)56-52/h1-31,33H,32H2. The van der Waals surface area contributed by atoms with E-state index in [1.54, 1.807) is 0 Å². The predicted octanol–water partition coefficient (Wildman–Crippen LogP) is 15.3. The van der Waals surface area contributed by atoms with Crippen LogP contribution in [0.2, 0.25) is 0 Å². The zero-order chi connectivity index (χ0) is 36.7. The van der Waals surface area contributed by atoms with Crippen molar-refractivity contribution in [1.29, 1.82) is 0 Å². The molecule has 0 aliphatic heterocycles. The minimum Gasteiger partial charge on any atom is -0.456 e. The lowest BCUT2D eigenvalue weighted by Gasteiger charge is -2.20. The van der Waals surface area contributed by atoms with Crippen LogP contribution in [0.3, 0.4) is 0 Å². The van der Waals surface area contributed by atoms with E-state index in [0.29, 0.717) is 0 Å². The lowest BCUT2D eigenvalue weighted by molar-refractivity contribution is 0.669. The van der Waals surface area contributed by atoms with Crippen LogP contribution in [0, 0.1) is 0 Å². The van der Waals surface area contributed by atoms with Crippen LogP contribution < -0.4 is 0 Å². The molecule has 12 rings (SSSR count). The third-order valence-corrected chi connectivity index (χ3v) is 12.1. The van der Waals surface area contributed by atoms with Gasteiger partial charge in [-0.25, -0.2) is 0 Å². The van der Waals surface area contributed by atoms with Gasteiger partial charge in [-0.1, -0.05) is 176 Å². The molecule has 0 spiro atoms. The van der Waals surface area contributed by atoms with Gasteiger partial charge in [0.1, 0.15) is 11.2 Å². The van der Waals surface area contributed by atoms with Gasteiger partial charge in [0.15, 0.2) is 0 Å². The van der Waals surface area contributed by atoms with Crippen LogP contribution in [0.4, 0.5) is 0 Å². The van der Waals surface area contributed by atoms with Gasteiger partial charge in [-0.15, -0.1) is 0 Å². The summed E-state index contributed by atoms with van der Waals surface area (Å²) in [4.78, 5) is 0. The van der Waals surface area contributed by atoms with Crippen molar-refractivity contribution in [2.24, 2.45) is 0 Å². The van der Waals surface area contributed by atoms with Gasteiger partial charge in [0, 0.05) is 10.8 Å². The normalized spacial score (nSPS) is 12.2. The zero-order valence-corrected chi connectivity index (χ0v) is 30.6. The van der Waals surface area contributed by atoms with Crippen molar-refractivity contribution in [2.75, 3.05) is 0 Å². The molecule has 0 atom stereocenters. The Morgan fingerprint density at radius 1 is 0.304 bits per heavy atom. The van der Waals surface area contributed by atoms with E-state index in [-0.39, 0.29) is 0 Å². The third-order valence-electron chi connectivity index (χ3n) is 12.1. The maximum Gasteiger partial charge on any atom is 0.136 e. The quantitative estimate of drug-likeness (QED) is 0.166. The van der Waals surface area contributed by atoms with Gasteiger partial charge in [0.05, 0.1) is 0 Å². The van der Waals surface area contributed by atoms with Crippen molar-refractivity contribution >= 4 is 54.3 Å². The van der Waals surface area contributed by atoms with E-state index in [0.717, 1.165) is 28.4 Å². The first-order chi connectivity index (χ1) is 27.8. The van der Waals surface area contributed by atoms with Crippen LogP contribution in [0.25, 0.3) is 110 Å². The molecule has 0 fully saturated rings. The van der Waals surface area contributed by atoms with Crippen molar-refractivity contribution in [2.45, 2.75) is 6.42 Å². The average molecular weight is 711 g/mol. The molecule has 260 valence electrons. The van der Waals surface area contributed by atoms with Gasteiger partial charge < -0.3 is 4.42 Å². The van der Waals surface area contributed by atoms with Crippen molar-refractivity contribution < 1.29 is 4.42 Å². The number of hydrogen-bond acceptors (Lipinski definition) is 1. The second kappa shape index (κ2) is 12.1. The van der Waals surface area contributed by atoms with Crippen molar-refractivity contribution in [3.63, 3.8) is 0 Å². The summed E-state index contributed by atoms with van der Waals surface area (Å²) in [7, 11) is 0. The first-order valence-electron chi connectivity index (χ1n) is 19.5. The number of hydrogen-bond donors (Lipinski definition) is 0. The number of fused-ring (bicyclic) bond motifs is 9. The smallest absolute Gasteiger partial charge is 0.136 e. The summed E-state index contributed by atoms with van der Waals surface area (Å²) in [5.74, 6) is 0. The van der Waals surface area contributed by atoms with Gasteiger partial charge in [-0.3, -0.25) is 0 Å². The van der Waals surface area contributed by atoms with E-state index in [1.165, 1.54) is 99.1 Å². The van der Waals surface area contributed by atoms with Crippen molar-refractivity contribution in [3.05, 3.63) is 205 Å². The number of para-hydroxylation sites is 1. The molecule has 0 unspecified atom stereocenters. The second-order valence-corrected chi connectivity index (χ2v) is 15.1. The fourth-order valence-electron chi connectivity index (χ4n) is 9.56. The molecule has 1 aromatic heterocycles. The summed E-state index contributed by atoms with van der Waals surface area (Å²) in [6.45, 7) is 0. The van der Waals surface area contributed by atoms with Crippen molar-refractivity contribution in [3.8, 4) is 55.6 Å². The average Bonchev–Trinajstić information content (AvgIpc) is 3.83. The molecule has 56 heavy (non-hydrogen) atoms. The molecule has 10 aromatic carbocycles. The molecule has 11 aromatic rings. The molecule has 0 saturated carbocycles. The summed E-state index contributed by atoms with van der Waals surface area (Å²) < 4.78 is 6.36. The van der Waals surface area contributed by atoms with Crippen LogP contribution in [0.15, 0.2) is 199 Å². The molecule has 1 nitrogen and oxygen atoms in total. The molecule has 0 saturated heterocycles. The molecule has 1 aliphatic carbocycles. The van der Waals surface area contributed by atoms with Crippen LogP contribution in [-0.4, -0.2) is 0 Å². The summed E-state index contributed by atoms with van der Waals surface area (Å²) in [6, 6.07) is 71.4. The molecule has 1 aliphatic rings. The molecular formula is C55H34O. The monoisotopic (exact) mass is 710 g/mol. The number of rotatable bonds is 4. The Hall–Kier alpha value is -7.22. The lowest BCUT2D eigenvalue weighted by Crippen LogP contribution is -1.93. The molecule has 0 bridgehead atoms. The molecule has 1 heteroatoms. The topological polar surface area (TPSA) is 13.1 Å². The minimum atomic E-state index is 0.908. The molecule has 0 radical (unpaired) electrons. The van der Waals surface area contributed by atoms with E-state index >= 15 is 0 Å². The van der Waals surface area contributed by atoms with Crippen LogP contribution in [-0.2, 0) is 6.42 Å². The van der Waals surface area contributed by atoms with E-state index in [9.17, 15) is 0 Å². The van der Waals surface area contributed by atoms with E-state index in [2.05, 4.69) is 188 Å². The molecule has 0 amide bonds. The maximum atomic E-state index is 6.36. The Labute approximate surface area is 324 Å². The van der Waals surface area contributed by atoms with E-state index in [4.69, 9.17) is 4.42 Å². The first-order valence-corrected chi connectivity index (χ1v) is 19.5. The highest BCUT2D eigenvalue weighted by Gasteiger charge is 2.21. The van der Waals surface area contributed by atoms with Gasteiger partial charge in [0.25, 0.3) is 0 Å². The summed E-state index contributed by atoms with van der Waals surface area (Å²) in [6.07, 6.45) is 0.992. The maximum absolute atomic E-state index is 6.36. The van der Waals surface area contributed by atoms with E-state index < -0.39 is 0 Å². The lowest BCUT2D eigenvalue weighted by atomic mass is 9.83. The largest absolute Gasteiger partial charge is 0.456 e. The van der Waals surface area contributed by atoms with Crippen LogP contribution >= 0.6 is 0 Å². The van der Waals surface area contributed by atoms with Crippen LogP contribution in [0.1, 0.15) is 11.1 Å². The first kappa shape index (κ1) is 31.2. The highest BCUT2D eigenvalue weighted by atomic mass is 16.3. The Balaban J connectivity index is 1.09. The number of furan rings is 1. The summed E-state index contributed by atoms with van der Waals surface area (Å²) in [5, 5.41) is 9.76. The Kier molecular flexibility index (Phi) is 6.76. The Bertz CT molecular complexity index is 3370. The summed E-state index contributed by atoms with van der Waals surface area (Å²) >= 11 is 0. The Morgan fingerprint density at radius 3 is 1.79 bits per heavy atom. The van der Waals surface area contributed by atoms with Gasteiger partial charge in [0.2, 0.25) is 0 Å². The van der Waals surface area contributed by atoms with Crippen molar-refractivity contribution in [1.82, 2.24) is 0 Å². The molecule has 1 heterocycles. The third kappa shape index (κ3) is 4.68.